The molecule has 0 fully saturated rings. The summed E-state index contributed by atoms with van der Waals surface area (Å²) in [5, 5.41) is 0. The Morgan fingerprint density at radius 2 is 1.79 bits per heavy atom. The van der Waals surface area contributed by atoms with Gasteiger partial charge in [0.05, 0.1) is 8.81 Å². The molecule has 0 amide bonds. The van der Waals surface area contributed by atoms with Gasteiger partial charge in [-0.2, -0.15) is 13.2 Å². The molecule has 1 aromatic carbocycles. The van der Waals surface area contributed by atoms with Crippen molar-refractivity contribution in [2.75, 3.05) is 6.66 Å². The Bertz CT molecular complexity index is 849. The third kappa shape index (κ3) is 7.20. The van der Waals surface area contributed by atoms with Crippen molar-refractivity contribution in [2.24, 2.45) is 5.92 Å². The van der Waals surface area contributed by atoms with Crippen LogP contribution in [-0.4, -0.2) is 18.4 Å². The van der Waals surface area contributed by atoms with Crippen LogP contribution in [0.5, 0.6) is 11.5 Å². The number of allylic oxidation sites excluding steroid dienone is 2. The first-order valence-electron chi connectivity index (χ1n) is 11.8. The first-order chi connectivity index (χ1) is 14.8. The summed E-state index contributed by atoms with van der Waals surface area (Å²) in [5.74, 6) is 2.63. The zero-order valence-corrected chi connectivity index (χ0v) is 24.7. The molecule has 0 spiro atoms. The zero-order chi connectivity index (χ0) is 23.7. The van der Waals surface area contributed by atoms with E-state index in [4.69, 9.17) is 9.26 Å². The normalized spacial score (nSPS) is 22.2. The van der Waals surface area contributed by atoms with Crippen LogP contribution in [0.3, 0.4) is 0 Å². The molecule has 3 atom stereocenters. The maximum Gasteiger partial charge on any atom is 0.389 e. The van der Waals surface area contributed by atoms with Gasteiger partial charge in [-0.05, 0) is 76.2 Å². The average Bonchev–Trinajstić information content (AvgIpc) is 2.65. The Kier molecular flexibility index (Phi) is 9.97. The molecule has 1 aliphatic heterocycles. The number of fused-ring (bicyclic) bond motifs is 3. The first-order valence-corrected chi connectivity index (χ1v) is 13.2. The van der Waals surface area contributed by atoms with Gasteiger partial charge in [-0.1, -0.05) is 38.3 Å². The largest absolute Gasteiger partial charge is 0.487 e. The maximum absolute atomic E-state index is 12.4. The van der Waals surface area contributed by atoms with E-state index in [0.29, 0.717) is 27.1 Å². The molecule has 0 saturated heterocycles. The number of hydrogen-bond donors (Lipinski definition) is 0. The molecule has 1 heterocycles. The number of ether oxygens (including phenoxy) is 1. The number of rotatable bonds is 8. The third-order valence-electron chi connectivity index (χ3n) is 7.24. The van der Waals surface area contributed by atoms with E-state index in [9.17, 15) is 13.2 Å². The first kappa shape index (κ1) is 29.1. The number of unbranched alkanes of at least 4 members (excludes halogenated alkanes) is 2. The fourth-order valence-electron chi connectivity index (χ4n) is 5.35. The van der Waals surface area contributed by atoms with Crippen molar-refractivity contribution >= 4 is 8.81 Å². The van der Waals surface area contributed by atoms with Crippen molar-refractivity contribution < 1.29 is 55.1 Å². The Balaban J connectivity index is 0.00000385. The van der Waals surface area contributed by atoms with E-state index in [0.717, 1.165) is 42.7 Å². The van der Waals surface area contributed by atoms with E-state index >= 15 is 0 Å². The Hall–Kier alpha value is -0.116. The third-order valence-corrected chi connectivity index (χ3v) is 7.67. The van der Waals surface area contributed by atoms with E-state index < -0.39 is 12.6 Å². The molecule has 33 heavy (non-hydrogen) atoms. The minimum Gasteiger partial charge on any atom is -0.487 e. The van der Waals surface area contributed by atoms with Crippen molar-refractivity contribution in [1.82, 2.24) is 0 Å². The summed E-state index contributed by atoms with van der Waals surface area (Å²) < 4.78 is 50.1. The van der Waals surface area contributed by atoms with Crippen LogP contribution in [0.2, 0.25) is 0 Å². The second-order valence-electron chi connectivity index (χ2n) is 10.7. The second-order valence-corrected chi connectivity index (χ2v) is 11.3. The van der Waals surface area contributed by atoms with E-state index in [1.54, 1.807) is 0 Å². The maximum atomic E-state index is 12.4. The van der Waals surface area contributed by atoms with E-state index in [-0.39, 0.29) is 50.1 Å². The van der Waals surface area contributed by atoms with Crippen LogP contribution >= 0.6 is 8.81 Å². The van der Waals surface area contributed by atoms with E-state index in [1.165, 1.54) is 11.1 Å². The molecule has 7 heteroatoms. The Labute approximate surface area is 224 Å². The predicted molar refractivity (Wildman–Crippen MR) is 127 cm³/mol. The van der Waals surface area contributed by atoms with Gasteiger partial charge in [0.25, 0.3) is 0 Å². The molecule has 0 N–H and O–H groups in total. The quantitative estimate of drug-likeness (QED) is 0.180. The van der Waals surface area contributed by atoms with Gasteiger partial charge in [0.15, 0.2) is 0 Å². The van der Waals surface area contributed by atoms with Gasteiger partial charge in [-0.25, -0.2) is 0 Å². The minimum atomic E-state index is -4.06. The molecule has 1 aliphatic carbocycles. The molecule has 2 nitrogen and oxygen atoms in total. The van der Waals surface area contributed by atoms with Crippen LogP contribution < -0.4 is 9.26 Å². The number of alkyl halides is 3. The molecule has 3 rings (SSSR count). The van der Waals surface area contributed by atoms with Crippen molar-refractivity contribution in [3.63, 3.8) is 0 Å². The van der Waals surface area contributed by atoms with Crippen molar-refractivity contribution in [2.45, 2.75) is 103 Å². The molecule has 1 radical (unpaired) electrons. The molecule has 2 aliphatic rings. The van der Waals surface area contributed by atoms with Gasteiger partial charge in [0.2, 0.25) is 0 Å². The molecule has 0 aromatic heterocycles. The monoisotopic (exact) mass is 559 g/mol. The molecule has 3 unspecified atom stereocenters. The summed E-state index contributed by atoms with van der Waals surface area (Å²) in [7, 11) is 0.337. The average molecular weight is 559 g/mol. The van der Waals surface area contributed by atoms with E-state index in [1.807, 2.05) is 6.66 Å². The molecule has 0 bridgehead atoms. The van der Waals surface area contributed by atoms with Crippen LogP contribution in [0, 0.1) is 5.92 Å². The summed E-state index contributed by atoms with van der Waals surface area (Å²) in [6, 6.07) is 4.33. The summed E-state index contributed by atoms with van der Waals surface area (Å²) in [5.41, 5.74) is 3.32. The molecular formula is C26H38F3O2PY. The van der Waals surface area contributed by atoms with Gasteiger partial charge in [0.1, 0.15) is 17.1 Å². The fourth-order valence-corrected chi connectivity index (χ4v) is 5.73. The predicted octanol–water partition coefficient (Wildman–Crippen LogP) is 8.69. The number of hydrogen-bond acceptors (Lipinski definition) is 2. The Morgan fingerprint density at radius 1 is 1.12 bits per heavy atom. The molecule has 1 aromatic rings. The topological polar surface area (TPSA) is 18.5 Å². The summed E-state index contributed by atoms with van der Waals surface area (Å²) >= 11 is 0. The Morgan fingerprint density at radius 3 is 2.42 bits per heavy atom. The standard InChI is InChI=1S/C26H38F3O2P.Y/c1-17-10-11-20-19(14-17)23-21(30-25(20,4)5)15-18(16-22(23)31-32-6)24(2,3)12-8-7-9-13-26(27,28)29;/h10,15-16,19-20,32H,7-9,11-14H2,1-6H3;. The van der Waals surface area contributed by atoms with E-state index in [2.05, 4.69) is 52.8 Å². The van der Waals surface area contributed by atoms with Crippen LogP contribution in [0.25, 0.3) is 0 Å². The van der Waals surface area contributed by atoms with Gasteiger partial charge < -0.3 is 9.26 Å². The SMILES string of the molecule is CPOc1cc(C(C)(C)CCCCCC(F)(F)F)cc2c1C1CC(C)=CCC1C(C)(C)O2.[Y]. The zero-order valence-electron chi connectivity index (χ0n) is 20.9. The number of halogens is 3. The van der Waals surface area contributed by atoms with Crippen LogP contribution in [0.1, 0.15) is 96.6 Å². The van der Waals surface area contributed by atoms with Crippen molar-refractivity contribution in [3.05, 3.63) is 34.9 Å². The smallest absolute Gasteiger partial charge is 0.389 e. The van der Waals surface area contributed by atoms with Crippen LogP contribution in [-0.2, 0) is 38.1 Å². The molecule has 183 valence electrons. The fraction of sp³-hybridized carbons (Fsp3) is 0.692. The molecule has 0 saturated carbocycles. The van der Waals surface area contributed by atoms with Crippen LogP contribution in [0.4, 0.5) is 13.2 Å². The minimum absolute atomic E-state index is 0. The summed E-state index contributed by atoms with van der Waals surface area (Å²) in [6.45, 7) is 12.9. The summed E-state index contributed by atoms with van der Waals surface area (Å²) in [6.07, 6.45) is 2.01. The van der Waals surface area contributed by atoms with Gasteiger partial charge in [-0.15, -0.1) is 0 Å². The van der Waals surface area contributed by atoms with Gasteiger partial charge in [0, 0.05) is 56.5 Å². The van der Waals surface area contributed by atoms with Gasteiger partial charge in [-0.3, -0.25) is 0 Å². The second kappa shape index (κ2) is 11.3. The molecular weight excluding hydrogens is 521 g/mol. The van der Waals surface area contributed by atoms with Crippen molar-refractivity contribution in [3.8, 4) is 11.5 Å². The van der Waals surface area contributed by atoms with Crippen molar-refractivity contribution in [1.29, 1.82) is 0 Å². The number of benzene rings is 1. The van der Waals surface area contributed by atoms with Crippen LogP contribution in [0.15, 0.2) is 23.8 Å². The van der Waals surface area contributed by atoms with Gasteiger partial charge >= 0.3 is 6.18 Å². The summed E-state index contributed by atoms with van der Waals surface area (Å²) in [4.78, 5) is 0.